The Kier molecular flexibility index (Phi) is 8.10. The SMILES string of the molecule is Cl.O=C(CCCNC(=O)c1ccc(Cl)cc1)NCc1ccc2c(c1)CNC2. The molecule has 0 radical (unpaired) electrons. The molecule has 1 aliphatic rings. The number of amides is 2. The van der Waals surface area contributed by atoms with Crippen LogP contribution < -0.4 is 16.0 Å². The van der Waals surface area contributed by atoms with E-state index in [1.54, 1.807) is 24.3 Å². The molecule has 2 aromatic rings. The van der Waals surface area contributed by atoms with Crippen molar-refractivity contribution in [2.75, 3.05) is 6.54 Å². The third kappa shape index (κ3) is 6.24. The summed E-state index contributed by atoms with van der Waals surface area (Å²) in [6.07, 6.45) is 0.979. The minimum atomic E-state index is -0.158. The Labute approximate surface area is 170 Å². The number of fused-ring (bicyclic) bond motifs is 1. The van der Waals surface area contributed by atoms with E-state index in [1.807, 2.05) is 0 Å². The highest BCUT2D eigenvalue weighted by Crippen LogP contribution is 2.16. The van der Waals surface area contributed by atoms with Gasteiger partial charge in [-0.05, 0) is 47.4 Å². The predicted molar refractivity (Wildman–Crippen MR) is 109 cm³/mol. The van der Waals surface area contributed by atoms with E-state index in [-0.39, 0.29) is 24.2 Å². The Morgan fingerprint density at radius 3 is 2.52 bits per heavy atom. The molecule has 0 unspecified atom stereocenters. The monoisotopic (exact) mass is 407 g/mol. The Morgan fingerprint density at radius 1 is 1.00 bits per heavy atom. The van der Waals surface area contributed by atoms with E-state index in [0.717, 1.165) is 18.7 Å². The van der Waals surface area contributed by atoms with Crippen LogP contribution in [0.15, 0.2) is 42.5 Å². The zero-order valence-electron chi connectivity index (χ0n) is 14.9. The molecular formula is C20H23Cl2N3O2. The van der Waals surface area contributed by atoms with Crippen molar-refractivity contribution >= 4 is 35.8 Å². The van der Waals surface area contributed by atoms with Crippen molar-refractivity contribution in [1.29, 1.82) is 0 Å². The maximum atomic E-state index is 12.0. The second-order valence-electron chi connectivity index (χ2n) is 6.35. The number of rotatable bonds is 7. The summed E-state index contributed by atoms with van der Waals surface area (Å²) in [5.74, 6) is -0.168. The van der Waals surface area contributed by atoms with Crippen molar-refractivity contribution in [2.45, 2.75) is 32.5 Å². The van der Waals surface area contributed by atoms with E-state index in [4.69, 9.17) is 11.6 Å². The van der Waals surface area contributed by atoms with Gasteiger partial charge in [0.15, 0.2) is 0 Å². The molecule has 0 aliphatic carbocycles. The highest BCUT2D eigenvalue weighted by atomic mass is 35.5. The highest BCUT2D eigenvalue weighted by molar-refractivity contribution is 6.30. The van der Waals surface area contributed by atoms with Crippen LogP contribution in [0.2, 0.25) is 5.02 Å². The quantitative estimate of drug-likeness (QED) is 0.617. The molecule has 0 saturated heterocycles. The number of carbonyl (C=O) groups excluding carboxylic acids is 2. The zero-order valence-corrected chi connectivity index (χ0v) is 16.5. The maximum absolute atomic E-state index is 12.0. The van der Waals surface area contributed by atoms with Crippen molar-refractivity contribution in [3.8, 4) is 0 Å². The van der Waals surface area contributed by atoms with Gasteiger partial charge in [-0.1, -0.05) is 29.8 Å². The zero-order chi connectivity index (χ0) is 18.4. The van der Waals surface area contributed by atoms with Crippen LogP contribution in [0, 0.1) is 0 Å². The van der Waals surface area contributed by atoms with Gasteiger partial charge in [-0.15, -0.1) is 12.4 Å². The van der Waals surface area contributed by atoms with E-state index in [2.05, 4.69) is 34.1 Å². The van der Waals surface area contributed by atoms with Crippen LogP contribution in [-0.2, 0) is 24.4 Å². The average molecular weight is 408 g/mol. The van der Waals surface area contributed by atoms with E-state index in [1.165, 1.54) is 11.1 Å². The van der Waals surface area contributed by atoms with Gasteiger partial charge >= 0.3 is 0 Å². The lowest BCUT2D eigenvalue weighted by atomic mass is 10.1. The average Bonchev–Trinajstić information content (AvgIpc) is 3.11. The standard InChI is InChI=1S/C20H22ClN3O2.ClH/c21-18-7-5-15(6-8-18)20(26)23-9-1-2-19(25)24-11-14-3-4-16-12-22-13-17(16)10-14;/h3-8,10,22H,1-2,9,11-13H2,(H,23,26)(H,24,25);1H. The molecule has 1 heterocycles. The fourth-order valence-corrected chi connectivity index (χ4v) is 3.03. The first-order valence-electron chi connectivity index (χ1n) is 8.74. The number of benzene rings is 2. The van der Waals surface area contributed by atoms with Gasteiger partial charge in [0.2, 0.25) is 5.91 Å². The molecule has 27 heavy (non-hydrogen) atoms. The van der Waals surface area contributed by atoms with Crippen LogP contribution in [0.3, 0.4) is 0 Å². The molecule has 0 atom stereocenters. The van der Waals surface area contributed by atoms with Gasteiger partial charge in [-0.25, -0.2) is 0 Å². The van der Waals surface area contributed by atoms with Crippen LogP contribution in [0.4, 0.5) is 0 Å². The van der Waals surface area contributed by atoms with Gasteiger partial charge < -0.3 is 16.0 Å². The molecule has 0 aromatic heterocycles. The van der Waals surface area contributed by atoms with Crippen molar-refractivity contribution in [3.63, 3.8) is 0 Å². The normalized spacial score (nSPS) is 12.0. The Balaban J connectivity index is 0.00000261. The molecule has 0 fully saturated rings. The third-order valence-electron chi connectivity index (χ3n) is 4.36. The largest absolute Gasteiger partial charge is 0.352 e. The van der Waals surface area contributed by atoms with Gasteiger partial charge in [-0.2, -0.15) is 0 Å². The van der Waals surface area contributed by atoms with Crippen molar-refractivity contribution in [3.05, 3.63) is 69.7 Å². The van der Waals surface area contributed by atoms with Crippen LogP contribution in [0.5, 0.6) is 0 Å². The summed E-state index contributed by atoms with van der Waals surface area (Å²) in [6, 6.07) is 13.0. The molecule has 1 aliphatic heterocycles. The minimum absolute atomic E-state index is 0. The first-order valence-corrected chi connectivity index (χ1v) is 9.11. The molecule has 0 spiro atoms. The number of hydrogen-bond donors (Lipinski definition) is 3. The summed E-state index contributed by atoms with van der Waals surface area (Å²) in [7, 11) is 0. The van der Waals surface area contributed by atoms with Gasteiger partial charge in [-0.3, -0.25) is 9.59 Å². The fraction of sp³-hybridized carbons (Fsp3) is 0.300. The molecule has 2 aromatic carbocycles. The first kappa shape index (κ1) is 21.2. The van der Waals surface area contributed by atoms with Crippen LogP contribution in [-0.4, -0.2) is 18.4 Å². The lowest BCUT2D eigenvalue weighted by Gasteiger charge is -2.08. The van der Waals surface area contributed by atoms with Crippen LogP contribution >= 0.6 is 24.0 Å². The predicted octanol–water partition coefficient (Wildman–Crippen LogP) is 3.19. The summed E-state index contributed by atoms with van der Waals surface area (Å²) in [5.41, 5.74) is 4.31. The van der Waals surface area contributed by atoms with E-state index >= 15 is 0 Å². The molecule has 5 nitrogen and oxygen atoms in total. The molecule has 3 N–H and O–H groups in total. The Bertz CT molecular complexity index is 794. The lowest BCUT2D eigenvalue weighted by Crippen LogP contribution is -2.27. The summed E-state index contributed by atoms with van der Waals surface area (Å²) in [4.78, 5) is 23.9. The van der Waals surface area contributed by atoms with Crippen molar-refractivity contribution in [1.82, 2.24) is 16.0 Å². The van der Waals surface area contributed by atoms with Gasteiger partial charge in [0.05, 0.1) is 0 Å². The highest BCUT2D eigenvalue weighted by Gasteiger charge is 2.10. The van der Waals surface area contributed by atoms with Crippen molar-refractivity contribution < 1.29 is 9.59 Å². The summed E-state index contributed by atoms with van der Waals surface area (Å²) in [6.45, 7) is 2.80. The second-order valence-corrected chi connectivity index (χ2v) is 6.79. The molecule has 7 heteroatoms. The second kappa shape index (κ2) is 10.3. The van der Waals surface area contributed by atoms with E-state index in [0.29, 0.717) is 36.5 Å². The minimum Gasteiger partial charge on any atom is -0.352 e. The topological polar surface area (TPSA) is 70.2 Å². The molecular weight excluding hydrogens is 385 g/mol. The number of hydrogen-bond acceptors (Lipinski definition) is 3. The lowest BCUT2D eigenvalue weighted by molar-refractivity contribution is -0.121. The fourth-order valence-electron chi connectivity index (χ4n) is 2.90. The Morgan fingerprint density at radius 2 is 1.74 bits per heavy atom. The maximum Gasteiger partial charge on any atom is 0.251 e. The number of halogens is 2. The number of nitrogens with one attached hydrogen (secondary N) is 3. The Hall–Kier alpha value is -2.08. The summed E-state index contributed by atoms with van der Waals surface area (Å²) < 4.78 is 0. The van der Waals surface area contributed by atoms with Gasteiger partial charge in [0.1, 0.15) is 0 Å². The van der Waals surface area contributed by atoms with E-state index in [9.17, 15) is 9.59 Å². The summed E-state index contributed by atoms with van der Waals surface area (Å²) in [5, 5.41) is 9.64. The van der Waals surface area contributed by atoms with Gasteiger partial charge in [0, 0.05) is 43.2 Å². The van der Waals surface area contributed by atoms with Crippen LogP contribution in [0.25, 0.3) is 0 Å². The van der Waals surface area contributed by atoms with Crippen LogP contribution in [0.1, 0.15) is 39.9 Å². The van der Waals surface area contributed by atoms with Crippen molar-refractivity contribution in [2.24, 2.45) is 0 Å². The molecule has 3 rings (SSSR count). The molecule has 144 valence electrons. The van der Waals surface area contributed by atoms with E-state index < -0.39 is 0 Å². The third-order valence-corrected chi connectivity index (χ3v) is 4.62. The molecule has 0 saturated carbocycles. The first-order chi connectivity index (χ1) is 12.6. The van der Waals surface area contributed by atoms with Gasteiger partial charge in [0.25, 0.3) is 5.91 Å². The summed E-state index contributed by atoms with van der Waals surface area (Å²) >= 11 is 5.80. The number of carbonyl (C=O) groups is 2. The molecule has 0 bridgehead atoms. The molecule has 2 amide bonds. The smallest absolute Gasteiger partial charge is 0.251 e.